The second kappa shape index (κ2) is 7.88. The SMILES string of the molecule is O=C([C@H](Oc1cc(Cl)cc(Cl)c1)c1ccccc1)N1CCOCC1. The van der Waals surface area contributed by atoms with Crippen molar-refractivity contribution in [2.75, 3.05) is 26.3 Å². The maximum absolute atomic E-state index is 13.0. The zero-order valence-corrected chi connectivity index (χ0v) is 14.5. The zero-order chi connectivity index (χ0) is 16.9. The van der Waals surface area contributed by atoms with Crippen LogP contribution in [-0.4, -0.2) is 37.1 Å². The molecule has 126 valence electrons. The van der Waals surface area contributed by atoms with E-state index in [0.29, 0.717) is 42.1 Å². The molecule has 24 heavy (non-hydrogen) atoms. The lowest BCUT2D eigenvalue weighted by molar-refractivity contribution is -0.143. The van der Waals surface area contributed by atoms with E-state index in [2.05, 4.69) is 0 Å². The summed E-state index contributed by atoms with van der Waals surface area (Å²) < 4.78 is 11.3. The van der Waals surface area contributed by atoms with Crippen LogP contribution in [0.2, 0.25) is 10.0 Å². The molecule has 4 nitrogen and oxygen atoms in total. The smallest absolute Gasteiger partial charge is 0.268 e. The third kappa shape index (κ3) is 4.20. The van der Waals surface area contributed by atoms with Gasteiger partial charge in [-0.1, -0.05) is 53.5 Å². The molecule has 0 saturated carbocycles. The molecule has 2 aromatic carbocycles. The van der Waals surface area contributed by atoms with Crippen molar-refractivity contribution in [3.8, 4) is 5.75 Å². The highest BCUT2D eigenvalue weighted by molar-refractivity contribution is 6.34. The molecule has 0 radical (unpaired) electrons. The van der Waals surface area contributed by atoms with Crippen molar-refractivity contribution < 1.29 is 14.3 Å². The number of hydrogen-bond donors (Lipinski definition) is 0. The van der Waals surface area contributed by atoms with Crippen LogP contribution >= 0.6 is 23.2 Å². The van der Waals surface area contributed by atoms with E-state index in [1.54, 1.807) is 23.1 Å². The summed E-state index contributed by atoms with van der Waals surface area (Å²) in [6.07, 6.45) is -0.751. The van der Waals surface area contributed by atoms with Crippen LogP contribution in [0.5, 0.6) is 5.75 Å². The van der Waals surface area contributed by atoms with Gasteiger partial charge in [0, 0.05) is 28.7 Å². The average Bonchev–Trinajstić information content (AvgIpc) is 2.60. The van der Waals surface area contributed by atoms with Gasteiger partial charge < -0.3 is 14.4 Å². The first kappa shape index (κ1) is 17.1. The van der Waals surface area contributed by atoms with Gasteiger partial charge in [-0.2, -0.15) is 0 Å². The fourth-order valence-electron chi connectivity index (χ4n) is 2.57. The van der Waals surface area contributed by atoms with E-state index in [-0.39, 0.29) is 5.91 Å². The number of carbonyl (C=O) groups excluding carboxylic acids is 1. The van der Waals surface area contributed by atoms with E-state index in [9.17, 15) is 4.79 Å². The Balaban J connectivity index is 1.88. The van der Waals surface area contributed by atoms with E-state index in [1.165, 1.54) is 0 Å². The van der Waals surface area contributed by atoms with Gasteiger partial charge in [-0.3, -0.25) is 4.79 Å². The third-order valence-corrected chi connectivity index (χ3v) is 4.18. The molecule has 1 aliphatic rings. The van der Waals surface area contributed by atoms with Crippen molar-refractivity contribution in [2.24, 2.45) is 0 Å². The maximum Gasteiger partial charge on any atom is 0.268 e. The summed E-state index contributed by atoms with van der Waals surface area (Å²) in [6, 6.07) is 14.3. The van der Waals surface area contributed by atoms with Crippen molar-refractivity contribution in [1.29, 1.82) is 0 Å². The van der Waals surface area contributed by atoms with Gasteiger partial charge in [-0.05, 0) is 18.2 Å². The van der Waals surface area contributed by atoms with Crippen LogP contribution in [0.1, 0.15) is 11.7 Å². The highest BCUT2D eigenvalue weighted by Crippen LogP contribution is 2.29. The van der Waals surface area contributed by atoms with Gasteiger partial charge >= 0.3 is 0 Å². The fourth-order valence-corrected chi connectivity index (χ4v) is 3.08. The normalized spacial score (nSPS) is 15.8. The van der Waals surface area contributed by atoms with Gasteiger partial charge in [0.2, 0.25) is 6.10 Å². The van der Waals surface area contributed by atoms with E-state index < -0.39 is 6.10 Å². The van der Waals surface area contributed by atoms with Gasteiger partial charge in [0.05, 0.1) is 13.2 Å². The lowest BCUT2D eigenvalue weighted by Crippen LogP contribution is -2.44. The third-order valence-electron chi connectivity index (χ3n) is 3.74. The molecule has 0 aliphatic carbocycles. The first-order chi connectivity index (χ1) is 11.6. The zero-order valence-electron chi connectivity index (χ0n) is 13.0. The molecule has 1 saturated heterocycles. The van der Waals surface area contributed by atoms with E-state index in [1.807, 2.05) is 30.3 Å². The molecule has 0 unspecified atom stereocenters. The number of ether oxygens (including phenoxy) is 2. The van der Waals surface area contributed by atoms with Crippen LogP contribution in [0.25, 0.3) is 0 Å². The number of rotatable bonds is 4. The van der Waals surface area contributed by atoms with Gasteiger partial charge in [-0.25, -0.2) is 0 Å². The Hall–Kier alpha value is -1.75. The van der Waals surface area contributed by atoms with Crippen LogP contribution in [-0.2, 0) is 9.53 Å². The first-order valence-corrected chi connectivity index (χ1v) is 8.43. The molecule has 1 heterocycles. The topological polar surface area (TPSA) is 38.8 Å². The minimum Gasteiger partial charge on any atom is -0.476 e. The molecule has 1 atom stereocenters. The van der Waals surface area contributed by atoms with Crippen LogP contribution < -0.4 is 4.74 Å². The van der Waals surface area contributed by atoms with Crippen molar-refractivity contribution in [3.05, 3.63) is 64.1 Å². The largest absolute Gasteiger partial charge is 0.476 e. The summed E-state index contributed by atoms with van der Waals surface area (Å²) in [5, 5.41) is 0.922. The highest BCUT2D eigenvalue weighted by Gasteiger charge is 2.29. The van der Waals surface area contributed by atoms with Gasteiger partial charge in [0.15, 0.2) is 0 Å². The molecule has 3 rings (SSSR count). The Morgan fingerprint density at radius 3 is 2.29 bits per heavy atom. The number of carbonyl (C=O) groups is 1. The molecule has 1 amide bonds. The number of nitrogens with zero attached hydrogens (tertiary/aromatic N) is 1. The lowest BCUT2D eigenvalue weighted by Gasteiger charge is -2.30. The van der Waals surface area contributed by atoms with Crippen LogP contribution in [0.4, 0.5) is 0 Å². The molecule has 6 heteroatoms. The van der Waals surface area contributed by atoms with Crippen molar-refractivity contribution in [3.63, 3.8) is 0 Å². The van der Waals surface area contributed by atoms with Crippen LogP contribution in [0.3, 0.4) is 0 Å². The van der Waals surface area contributed by atoms with Crippen LogP contribution in [0.15, 0.2) is 48.5 Å². The summed E-state index contributed by atoms with van der Waals surface area (Å²) >= 11 is 12.1. The number of hydrogen-bond acceptors (Lipinski definition) is 3. The molecule has 2 aromatic rings. The minimum absolute atomic E-state index is 0.0967. The van der Waals surface area contributed by atoms with Crippen molar-refractivity contribution in [1.82, 2.24) is 4.90 Å². The number of amides is 1. The number of halogens is 2. The Bertz CT molecular complexity index is 682. The summed E-state index contributed by atoms with van der Waals surface area (Å²) in [5.74, 6) is 0.364. The second-order valence-corrected chi connectivity index (χ2v) is 6.32. The highest BCUT2D eigenvalue weighted by atomic mass is 35.5. The number of morpholine rings is 1. The summed E-state index contributed by atoms with van der Waals surface area (Å²) in [7, 11) is 0. The summed E-state index contributed by atoms with van der Waals surface area (Å²) in [4.78, 5) is 14.7. The maximum atomic E-state index is 13.0. The fraction of sp³-hybridized carbons (Fsp3) is 0.278. The molecule has 0 N–H and O–H groups in total. The number of benzene rings is 2. The summed E-state index contributed by atoms with van der Waals surface area (Å²) in [5.41, 5.74) is 0.782. The molecule has 0 spiro atoms. The molecular formula is C18H17Cl2NO3. The lowest BCUT2D eigenvalue weighted by atomic mass is 10.1. The predicted molar refractivity (Wildman–Crippen MR) is 93.7 cm³/mol. The van der Waals surface area contributed by atoms with E-state index >= 15 is 0 Å². The minimum atomic E-state index is -0.751. The van der Waals surface area contributed by atoms with Gasteiger partial charge in [-0.15, -0.1) is 0 Å². The van der Waals surface area contributed by atoms with E-state index in [4.69, 9.17) is 32.7 Å². The Morgan fingerprint density at radius 1 is 1.04 bits per heavy atom. The average molecular weight is 366 g/mol. The monoisotopic (exact) mass is 365 g/mol. The predicted octanol–water partition coefficient (Wildman–Crippen LogP) is 3.97. The van der Waals surface area contributed by atoms with Crippen molar-refractivity contribution in [2.45, 2.75) is 6.10 Å². The van der Waals surface area contributed by atoms with E-state index in [0.717, 1.165) is 5.56 Å². The second-order valence-electron chi connectivity index (χ2n) is 5.45. The first-order valence-electron chi connectivity index (χ1n) is 7.68. The van der Waals surface area contributed by atoms with Gasteiger partial charge in [0.25, 0.3) is 5.91 Å². The Morgan fingerprint density at radius 2 is 1.67 bits per heavy atom. The molecular weight excluding hydrogens is 349 g/mol. The van der Waals surface area contributed by atoms with Gasteiger partial charge in [0.1, 0.15) is 5.75 Å². The molecule has 0 aromatic heterocycles. The molecule has 0 bridgehead atoms. The standard InChI is InChI=1S/C18H17Cl2NO3/c19-14-10-15(20)12-16(11-14)24-17(13-4-2-1-3-5-13)18(22)21-6-8-23-9-7-21/h1-5,10-12,17H,6-9H2/t17-/m1/s1. The molecule has 1 aliphatic heterocycles. The van der Waals surface area contributed by atoms with Crippen molar-refractivity contribution >= 4 is 29.1 Å². The van der Waals surface area contributed by atoms with Crippen LogP contribution in [0, 0.1) is 0 Å². The quantitative estimate of drug-likeness (QED) is 0.822. The Kier molecular flexibility index (Phi) is 5.61. The molecule has 1 fully saturated rings. The Labute approximate surface area is 150 Å². The summed E-state index contributed by atoms with van der Waals surface area (Å²) in [6.45, 7) is 2.19.